The van der Waals surface area contributed by atoms with Crippen LogP contribution in [0.5, 0.6) is 0 Å². The average Bonchev–Trinajstić information content (AvgIpc) is 2.63. The Morgan fingerprint density at radius 1 is 1.36 bits per heavy atom. The standard InChI is InChI=1S/C20H28N4O/c1-16-6-3-4-12-24(16)13-11-22-20(25)23(2)15-17-8-9-19-18(14-17)7-5-10-21-19/h5,7-10,14,16H,3-4,6,11-13,15H2,1-2H3,(H,22,25)/t16-/m0/s1. The predicted octanol–water partition coefficient (Wildman–Crippen LogP) is 3.25. The van der Waals surface area contributed by atoms with Crippen molar-refractivity contribution >= 4 is 16.9 Å². The summed E-state index contributed by atoms with van der Waals surface area (Å²) in [6, 6.07) is 10.7. The first kappa shape index (κ1) is 17.7. The van der Waals surface area contributed by atoms with Crippen LogP contribution >= 0.6 is 0 Å². The quantitative estimate of drug-likeness (QED) is 0.909. The highest BCUT2D eigenvalue weighted by atomic mass is 16.2. The first-order valence-electron chi connectivity index (χ1n) is 9.20. The molecule has 0 saturated carbocycles. The summed E-state index contributed by atoms with van der Waals surface area (Å²) in [6.45, 7) is 5.66. The third kappa shape index (κ3) is 4.69. The van der Waals surface area contributed by atoms with Gasteiger partial charge in [-0.2, -0.15) is 0 Å². The molecule has 0 unspecified atom stereocenters. The third-order valence-electron chi connectivity index (χ3n) is 5.05. The molecule has 1 aliphatic heterocycles. The lowest BCUT2D eigenvalue weighted by atomic mass is 10.0. The zero-order valence-electron chi connectivity index (χ0n) is 15.2. The lowest BCUT2D eigenvalue weighted by Gasteiger charge is -2.33. The molecule has 0 spiro atoms. The molecule has 1 aromatic heterocycles. The number of urea groups is 1. The molecule has 0 bridgehead atoms. The van der Waals surface area contributed by atoms with Gasteiger partial charge in [0.2, 0.25) is 0 Å². The van der Waals surface area contributed by atoms with E-state index in [9.17, 15) is 4.79 Å². The first-order valence-corrected chi connectivity index (χ1v) is 9.20. The van der Waals surface area contributed by atoms with Gasteiger partial charge in [-0.15, -0.1) is 0 Å². The molecule has 134 valence electrons. The Hall–Kier alpha value is -2.14. The minimum absolute atomic E-state index is 0.0176. The fraction of sp³-hybridized carbons (Fsp3) is 0.500. The fourth-order valence-electron chi connectivity index (χ4n) is 3.50. The summed E-state index contributed by atoms with van der Waals surface area (Å²) >= 11 is 0. The molecule has 1 aliphatic rings. The van der Waals surface area contributed by atoms with Gasteiger partial charge in [-0.3, -0.25) is 9.88 Å². The highest BCUT2D eigenvalue weighted by molar-refractivity contribution is 5.79. The number of likely N-dealkylation sites (tertiary alicyclic amines) is 1. The maximum Gasteiger partial charge on any atom is 0.317 e. The molecule has 1 N–H and O–H groups in total. The lowest BCUT2D eigenvalue weighted by Crippen LogP contribution is -2.44. The van der Waals surface area contributed by atoms with Gasteiger partial charge >= 0.3 is 6.03 Å². The number of pyridine rings is 1. The first-order chi connectivity index (χ1) is 12.1. The van der Waals surface area contributed by atoms with Crippen molar-refractivity contribution in [2.75, 3.05) is 26.7 Å². The van der Waals surface area contributed by atoms with E-state index in [1.165, 1.54) is 19.3 Å². The number of carbonyl (C=O) groups is 1. The minimum atomic E-state index is -0.0176. The van der Waals surface area contributed by atoms with Gasteiger partial charge < -0.3 is 10.2 Å². The van der Waals surface area contributed by atoms with E-state index in [0.717, 1.165) is 29.6 Å². The Bertz CT molecular complexity index is 718. The van der Waals surface area contributed by atoms with Crippen molar-refractivity contribution in [1.82, 2.24) is 20.1 Å². The molecule has 5 nitrogen and oxygen atoms in total. The highest BCUT2D eigenvalue weighted by Crippen LogP contribution is 2.16. The van der Waals surface area contributed by atoms with Crippen LogP contribution in [0.3, 0.4) is 0 Å². The van der Waals surface area contributed by atoms with E-state index >= 15 is 0 Å². The van der Waals surface area contributed by atoms with Crippen LogP contribution in [0.25, 0.3) is 10.9 Å². The molecule has 5 heteroatoms. The molecular formula is C20H28N4O. The molecule has 25 heavy (non-hydrogen) atoms. The van der Waals surface area contributed by atoms with Gasteiger partial charge in [0.25, 0.3) is 0 Å². The molecule has 2 amide bonds. The van der Waals surface area contributed by atoms with Crippen molar-refractivity contribution < 1.29 is 4.79 Å². The average molecular weight is 340 g/mol. The number of nitrogens with one attached hydrogen (secondary N) is 1. The Morgan fingerprint density at radius 3 is 3.08 bits per heavy atom. The molecule has 1 fully saturated rings. The van der Waals surface area contributed by atoms with E-state index < -0.39 is 0 Å². The van der Waals surface area contributed by atoms with Crippen molar-refractivity contribution in [3.8, 4) is 0 Å². The number of carbonyl (C=O) groups excluding carboxylic acids is 1. The van der Waals surface area contributed by atoms with Gasteiger partial charge in [0.1, 0.15) is 0 Å². The number of aromatic nitrogens is 1. The monoisotopic (exact) mass is 340 g/mol. The number of rotatable bonds is 5. The molecule has 2 aromatic rings. The molecular weight excluding hydrogens is 312 g/mol. The Morgan fingerprint density at radius 2 is 2.24 bits per heavy atom. The van der Waals surface area contributed by atoms with Crippen molar-refractivity contribution in [3.63, 3.8) is 0 Å². The van der Waals surface area contributed by atoms with Crippen molar-refractivity contribution in [3.05, 3.63) is 42.1 Å². The van der Waals surface area contributed by atoms with Gasteiger partial charge in [0.05, 0.1) is 5.52 Å². The van der Waals surface area contributed by atoms with E-state index in [1.807, 2.05) is 31.3 Å². The van der Waals surface area contributed by atoms with Gasteiger partial charge in [-0.25, -0.2) is 4.79 Å². The normalized spacial score (nSPS) is 18.2. The summed E-state index contributed by atoms with van der Waals surface area (Å²) in [5, 5.41) is 4.15. The van der Waals surface area contributed by atoms with E-state index in [2.05, 4.69) is 28.2 Å². The summed E-state index contributed by atoms with van der Waals surface area (Å²) in [6.07, 6.45) is 5.67. The van der Waals surface area contributed by atoms with Crippen LogP contribution < -0.4 is 5.32 Å². The molecule has 1 atom stereocenters. The molecule has 0 aliphatic carbocycles. The molecule has 0 radical (unpaired) electrons. The smallest absolute Gasteiger partial charge is 0.317 e. The Labute approximate surface area is 150 Å². The Kier molecular flexibility index (Phi) is 5.87. The number of piperidine rings is 1. The largest absolute Gasteiger partial charge is 0.337 e. The predicted molar refractivity (Wildman–Crippen MR) is 101 cm³/mol. The van der Waals surface area contributed by atoms with Crippen molar-refractivity contribution in [2.45, 2.75) is 38.8 Å². The SMILES string of the molecule is C[C@H]1CCCCN1CCNC(=O)N(C)Cc1ccc2ncccc2c1. The number of hydrogen-bond acceptors (Lipinski definition) is 3. The molecule has 2 heterocycles. The maximum absolute atomic E-state index is 12.3. The van der Waals surface area contributed by atoms with Gasteiger partial charge in [-0.05, 0) is 50.1 Å². The summed E-state index contributed by atoms with van der Waals surface area (Å²) < 4.78 is 0. The van der Waals surface area contributed by atoms with Crippen LogP contribution in [0.2, 0.25) is 0 Å². The maximum atomic E-state index is 12.3. The topological polar surface area (TPSA) is 48.5 Å². The van der Waals surface area contributed by atoms with Crippen LogP contribution in [0.4, 0.5) is 4.79 Å². The molecule has 1 saturated heterocycles. The number of hydrogen-bond donors (Lipinski definition) is 1. The zero-order chi connectivity index (χ0) is 17.6. The van der Waals surface area contributed by atoms with Crippen LogP contribution in [0, 0.1) is 0 Å². The molecule has 1 aromatic carbocycles. The van der Waals surface area contributed by atoms with Crippen molar-refractivity contribution in [1.29, 1.82) is 0 Å². The summed E-state index contributed by atoms with van der Waals surface area (Å²) in [4.78, 5) is 20.9. The fourth-order valence-corrected chi connectivity index (χ4v) is 3.50. The number of fused-ring (bicyclic) bond motifs is 1. The van der Waals surface area contributed by atoms with Crippen LogP contribution in [0.1, 0.15) is 31.7 Å². The number of benzene rings is 1. The Balaban J connectivity index is 1.48. The van der Waals surface area contributed by atoms with Gasteiger partial charge in [0.15, 0.2) is 0 Å². The second-order valence-corrected chi connectivity index (χ2v) is 7.00. The van der Waals surface area contributed by atoms with Crippen molar-refractivity contribution in [2.24, 2.45) is 0 Å². The van der Waals surface area contributed by atoms with E-state index in [1.54, 1.807) is 11.1 Å². The second kappa shape index (κ2) is 8.30. The van der Waals surface area contributed by atoms with E-state index in [-0.39, 0.29) is 6.03 Å². The minimum Gasteiger partial charge on any atom is -0.337 e. The third-order valence-corrected chi connectivity index (χ3v) is 5.05. The zero-order valence-corrected chi connectivity index (χ0v) is 15.2. The van der Waals surface area contributed by atoms with Gasteiger partial charge in [0, 0.05) is 44.3 Å². The van der Waals surface area contributed by atoms with Crippen LogP contribution in [-0.2, 0) is 6.54 Å². The van der Waals surface area contributed by atoms with Crippen LogP contribution in [0.15, 0.2) is 36.5 Å². The lowest BCUT2D eigenvalue weighted by molar-refractivity contribution is 0.159. The highest BCUT2D eigenvalue weighted by Gasteiger charge is 2.18. The van der Waals surface area contributed by atoms with Crippen LogP contribution in [-0.4, -0.2) is 53.5 Å². The summed E-state index contributed by atoms with van der Waals surface area (Å²) in [5.41, 5.74) is 2.09. The van der Waals surface area contributed by atoms with E-state index in [0.29, 0.717) is 19.1 Å². The number of nitrogens with zero attached hydrogens (tertiary/aromatic N) is 3. The van der Waals surface area contributed by atoms with E-state index in [4.69, 9.17) is 0 Å². The summed E-state index contributed by atoms with van der Waals surface area (Å²) in [7, 11) is 1.84. The second-order valence-electron chi connectivity index (χ2n) is 7.00. The summed E-state index contributed by atoms with van der Waals surface area (Å²) in [5.74, 6) is 0. The number of amides is 2. The van der Waals surface area contributed by atoms with Gasteiger partial charge in [-0.1, -0.05) is 18.6 Å². The molecule has 3 rings (SSSR count).